The van der Waals surface area contributed by atoms with Crippen molar-refractivity contribution in [2.24, 2.45) is 11.8 Å². The first-order valence-corrected chi connectivity index (χ1v) is 12.3. The lowest BCUT2D eigenvalue weighted by atomic mass is 10.00. The van der Waals surface area contributed by atoms with Crippen molar-refractivity contribution in [3.8, 4) is 17.0 Å². The first-order valence-electron chi connectivity index (χ1n) is 11.1. The van der Waals surface area contributed by atoms with E-state index in [0.717, 1.165) is 15.1 Å². The van der Waals surface area contributed by atoms with E-state index < -0.39 is 12.3 Å². The van der Waals surface area contributed by atoms with Gasteiger partial charge in [-0.05, 0) is 30.7 Å². The van der Waals surface area contributed by atoms with Crippen LogP contribution >= 0.6 is 22.9 Å². The van der Waals surface area contributed by atoms with E-state index in [2.05, 4.69) is 15.3 Å². The number of likely N-dealkylation sites (tertiary alicyclic amines) is 1. The van der Waals surface area contributed by atoms with Gasteiger partial charge in [0.2, 0.25) is 11.8 Å². The number of ether oxygens (including phenoxy) is 1. The number of amides is 2. The molecule has 0 radical (unpaired) electrons. The van der Waals surface area contributed by atoms with E-state index in [4.69, 9.17) is 16.3 Å². The highest BCUT2D eigenvalue weighted by Gasteiger charge is 2.42. The summed E-state index contributed by atoms with van der Waals surface area (Å²) in [5.74, 6) is -0.434. The molecule has 1 aromatic carbocycles. The predicted octanol–water partition coefficient (Wildman–Crippen LogP) is 4.15. The molecule has 1 N–H and O–H groups in total. The van der Waals surface area contributed by atoms with Crippen molar-refractivity contribution in [3.63, 3.8) is 0 Å². The Morgan fingerprint density at radius 2 is 1.91 bits per heavy atom. The van der Waals surface area contributed by atoms with Crippen LogP contribution in [-0.2, 0) is 16.1 Å². The van der Waals surface area contributed by atoms with E-state index in [-0.39, 0.29) is 36.7 Å². The number of carbonyl (C=O) groups is 2. The SMILES string of the molecule is Cc1cc(Cl)cc(-c2ncnc3cc(CN4C(=O)C(C)C(C)C4=O)sc23)c1O[C@@H]1CNC[C@@H]1F. The van der Waals surface area contributed by atoms with Gasteiger partial charge in [-0.15, -0.1) is 11.3 Å². The fourth-order valence-electron chi connectivity index (χ4n) is 4.47. The van der Waals surface area contributed by atoms with Gasteiger partial charge in [0.05, 0.1) is 22.5 Å². The lowest BCUT2D eigenvalue weighted by molar-refractivity contribution is -0.140. The molecule has 3 aromatic rings. The topological polar surface area (TPSA) is 84.4 Å². The summed E-state index contributed by atoms with van der Waals surface area (Å²) < 4.78 is 21.2. The van der Waals surface area contributed by atoms with Crippen LogP contribution in [0.3, 0.4) is 0 Å². The number of imide groups is 1. The molecule has 4 heterocycles. The summed E-state index contributed by atoms with van der Waals surface area (Å²) in [5, 5.41) is 3.52. The van der Waals surface area contributed by atoms with Crippen molar-refractivity contribution in [1.82, 2.24) is 20.2 Å². The van der Waals surface area contributed by atoms with Crippen LogP contribution in [0.1, 0.15) is 24.3 Å². The fraction of sp³-hybridized carbons (Fsp3) is 0.417. The van der Waals surface area contributed by atoms with E-state index >= 15 is 0 Å². The van der Waals surface area contributed by atoms with Gasteiger partial charge in [-0.1, -0.05) is 25.4 Å². The fourth-order valence-corrected chi connectivity index (χ4v) is 5.84. The van der Waals surface area contributed by atoms with Gasteiger partial charge < -0.3 is 10.1 Å². The molecule has 4 atom stereocenters. The number of aromatic nitrogens is 2. The number of thiophene rings is 1. The molecule has 2 aromatic heterocycles. The highest BCUT2D eigenvalue weighted by molar-refractivity contribution is 7.19. The van der Waals surface area contributed by atoms with Crippen molar-refractivity contribution < 1.29 is 18.7 Å². The summed E-state index contributed by atoms with van der Waals surface area (Å²) in [5.41, 5.74) is 2.74. The molecule has 7 nitrogen and oxygen atoms in total. The second-order valence-electron chi connectivity index (χ2n) is 8.92. The maximum atomic E-state index is 14.3. The smallest absolute Gasteiger partial charge is 0.233 e. The second kappa shape index (κ2) is 8.87. The number of nitrogens with zero attached hydrogens (tertiary/aromatic N) is 3. The molecule has 2 fully saturated rings. The summed E-state index contributed by atoms with van der Waals surface area (Å²) in [6, 6.07) is 5.41. The van der Waals surface area contributed by atoms with Crippen LogP contribution in [0, 0.1) is 18.8 Å². The van der Waals surface area contributed by atoms with Gasteiger partial charge >= 0.3 is 0 Å². The summed E-state index contributed by atoms with van der Waals surface area (Å²) >= 11 is 7.80. The number of nitrogens with one attached hydrogen (secondary N) is 1. The Labute approximate surface area is 205 Å². The van der Waals surface area contributed by atoms with E-state index in [0.29, 0.717) is 34.1 Å². The number of hydrogen-bond acceptors (Lipinski definition) is 7. The van der Waals surface area contributed by atoms with Crippen molar-refractivity contribution in [1.29, 1.82) is 0 Å². The zero-order valence-corrected chi connectivity index (χ0v) is 20.5. The average Bonchev–Trinajstić information content (AvgIpc) is 3.46. The summed E-state index contributed by atoms with van der Waals surface area (Å²) in [4.78, 5) is 36.2. The number of benzene rings is 1. The summed E-state index contributed by atoms with van der Waals surface area (Å²) in [6.45, 7) is 6.30. The van der Waals surface area contributed by atoms with Gasteiger partial charge in [-0.25, -0.2) is 14.4 Å². The van der Waals surface area contributed by atoms with Crippen LogP contribution in [0.4, 0.5) is 4.39 Å². The second-order valence-corrected chi connectivity index (χ2v) is 10.5. The normalized spacial score (nSPS) is 25.0. The first kappa shape index (κ1) is 23.1. The highest BCUT2D eigenvalue weighted by atomic mass is 35.5. The van der Waals surface area contributed by atoms with Crippen LogP contribution in [0.2, 0.25) is 5.02 Å². The molecule has 178 valence electrons. The molecule has 2 aliphatic heterocycles. The molecule has 2 unspecified atom stereocenters. The lowest BCUT2D eigenvalue weighted by Gasteiger charge is -2.20. The third-order valence-corrected chi connectivity index (χ3v) is 7.92. The highest BCUT2D eigenvalue weighted by Crippen LogP contribution is 2.41. The Hall–Kier alpha value is -2.62. The van der Waals surface area contributed by atoms with E-state index in [1.54, 1.807) is 26.0 Å². The molecule has 0 saturated carbocycles. The van der Waals surface area contributed by atoms with Crippen molar-refractivity contribution >= 4 is 45.0 Å². The molecule has 2 saturated heterocycles. The number of halogens is 2. The number of fused-ring (bicyclic) bond motifs is 1. The van der Waals surface area contributed by atoms with Gasteiger partial charge in [0, 0.05) is 40.4 Å². The molecule has 5 rings (SSSR count). The molecule has 0 bridgehead atoms. The Bertz CT molecular complexity index is 1280. The number of hydrogen-bond donors (Lipinski definition) is 1. The Morgan fingerprint density at radius 1 is 1.18 bits per heavy atom. The number of rotatable bonds is 5. The zero-order chi connectivity index (χ0) is 24.1. The number of alkyl halides is 1. The molecule has 2 aliphatic rings. The zero-order valence-electron chi connectivity index (χ0n) is 19.0. The maximum Gasteiger partial charge on any atom is 0.233 e. The van der Waals surface area contributed by atoms with Crippen LogP contribution < -0.4 is 10.1 Å². The van der Waals surface area contributed by atoms with Crippen LogP contribution in [0.25, 0.3) is 21.5 Å². The quantitative estimate of drug-likeness (QED) is 0.528. The van der Waals surface area contributed by atoms with Gasteiger partial charge in [0.25, 0.3) is 0 Å². The van der Waals surface area contributed by atoms with E-state index in [1.807, 2.05) is 13.0 Å². The third kappa shape index (κ3) is 3.95. The van der Waals surface area contributed by atoms with Gasteiger partial charge in [0.1, 0.15) is 18.2 Å². The molecule has 34 heavy (non-hydrogen) atoms. The van der Waals surface area contributed by atoms with Crippen molar-refractivity contribution in [2.75, 3.05) is 13.1 Å². The van der Waals surface area contributed by atoms with Gasteiger partial charge in [-0.2, -0.15) is 0 Å². The van der Waals surface area contributed by atoms with Crippen molar-refractivity contribution in [3.05, 3.63) is 40.0 Å². The monoisotopic (exact) mass is 502 g/mol. The molecule has 0 spiro atoms. The minimum atomic E-state index is -1.11. The Kier molecular flexibility index (Phi) is 6.03. The minimum Gasteiger partial charge on any atom is -0.485 e. The summed E-state index contributed by atoms with van der Waals surface area (Å²) in [7, 11) is 0. The number of aryl methyl sites for hydroxylation is 1. The average molecular weight is 503 g/mol. The minimum absolute atomic E-state index is 0.159. The molecule has 0 aliphatic carbocycles. The molecular formula is C24H24ClFN4O3S. The van der Waals surface area contributed by atoms with Crippen LogP contribution in [-0.4, -0.2) is 52.0 Å². The lowest BCUT2D eigenvalue weighted by Crippen LogP contribution is -2.29. The van der Waals surface area contributed by atoms with Gasteiger partial charge in [-0.3, -0.25) is 14.5 Å². The van der Waals surface area contributed by atoms with E-state index in [9.17, 15) is 14.0 Å². The molecular weight excluding hydrogens is 479 g/mol. The van der Waals surface area contributed by atoms with Gasteiger partial charge in [0.15, 0.2) is 6.17 Å². The van der Waals surface area contributed by atoms with Crippen molar-refractivity contribution in [2.45, 2.75) is 39.6 Å². The van der Waals surface area contributed by atoms with Crippen LogP contribution in [0.5, 0.6) is 5.75 Å². The summed E-state index contributed by atoms with van der Waals surface area (Å²) in [6.07, 6.45) is -0.257. The first-order chi connectivity index (χ1) is 16.2. The predicted molar refractivity (Wildman–Crippen MR) is 129 cm³/mol. The maximum absolute atomic E-state index is 14.3. The standard InChI is InChI=1S/C24H24ClFN4O3S/c1-11-4-14(25)5-16(21(11)33-19-8-27-7-17(19)26)20-22-18(28-10-29-20)6-15(34-22)9-30-23(31)12(2)13(3)24(30)32/h4-6,10,12-13,17,19,27H,7-9H2,1-3H3/t12?,13?,17-,19+/m0/s1. The Balaban J connectivity index is 1.55. The third-order valence-electron chi connectivity index (χ3n) is 6.59. The molecule has 10 heteroatoms. The molecule has 2 amide bonds. The van der Waals surface area contributed by atoms with Crippen LogP contribution in [0.15, 0.2) is 24.5 Å². The Morgan fingerprint density at radius 3 is 2.59 bits per heavy atom. The largest absolute Gasteiger partial charge is 0.485 e. The number of carbonyl (C=O) groups excluding carboxylic acids is 2. The van der Waals surface area contributed by atoms with E-state index in [1.165, 1.54) is 22.6 Å².